The quantitative estimate of drug-likeness (QED) is 0.830. The third-order valence-electron chi connectivity index (χ3n) is 3.77. The summed E-state index contributed by atoms with van der Waals surface area (Å²) >= 11 is 0. The lowest BCUT2D eigenvalue weighted by Crippen LogP contribution is -2.15. The molecule has 0 aliphatic carbocycles. The summed E-state index contributed by atoms with van der Waals surface area (Å²) in [7, 11) is 1.59. The minimum absolute atomic E-state index is 0.0191. The van der Waals surface area contributed by atoms with Gasteiger partial charge in [0.15, 0.2) is 23.1 Å². The first-order chi connectivity index (χ1) is 11.4. The van der Waals surface area contributed by atoms with Crippen molar-refractivity contribution in [3.63, 3.8) is 0 Å². The molecule has 0 saturated heterocycles. The molecule has 2 aromatic carbocycles. The molecule has 0 aliphatic heterocycles. The van der Waals surface area contributed by atoms with Gasteiger partial charge in [0, 0.05) is 5.92 Å². The van der Waals surface area contributed by atoms with Crippen LogP contribution < -0.4 is 15.2 Å². The molecule has 0 bridgehead atoms. The molecule has 130 valence electrons. The smallest absolute Gasteiger partial charge is 0.161 e. The van der Waals surface area contributed by atoms with Crippen LogP contribution in [0.25, 0.3) is 0 Å². The van der Waals surface area contributed by atoms with Crippen molar-refractivity contribution >= 4 is 0 Å². The minimum atomic E-state index is -0.857. The van der Waals surface area contributed by atoms with Gasteiger partial charge in [-0.1, -0.05) is 12.1 Å². The van der Waals surface area contributed by atoms with Gasteiger partial charge < -0.3 is 15.2 Å². The van der Waals surface area contributed by atoms with Crippen LogP contribution in [0, 0.1) is 11.6 Å². The minimum Gasteiger partial charge on any atom is -0.493 e. The Morgan fingerprint density at radius 3 is 2.33 bits per heavy atom. The Labute approximate surface area is 141 Å². The molecule has 0 amide bonds. The molecule has 0 aromatic heterocycles. The molecule has 1 atom stereocenters. The number of benzene rings is 2. The highest BCUT2D eigenvalue weighted by Crippen LogP contribution is 2.31. The summed E-state index contributed by atoms with van der Waals surface area (Å²) in [6.07, 6.45) is 0.616. The zero-order valence-corrected chi connectivity index (χ0v) is 14.2. The van der Waals surface area contributed by atoms with Crippen molar-refractivity contribution in [3.05, 3.63) is 59.2 Å². The van der Waals surface area contributed by atoms with E-state index in [9.17, 15) is 8.78 Å². The third-order valence-corrected chi connectivity index (χ3v) is 3.77. The second-order valence-corrected chi connectivity index (χ2v) is 5.96. The summed E-state index contributed by atoms with van der Waals surface area (Å²) in [6.45, 7) is 4.21. The first-order valence-electron chi connectivity index (χ1n) is 7.93. The Morgan fingerprint density at radius 2 is 1.75 bits per heavy atom. The van der Waals surface area contributed by atoms with Crippen molar-refractivity contribution in [3.8, 4) is 11.5 Å². The molecule has 0 aliphatic rings. The van der Waals surface area contributed by atoms with Crippen LogP contribution >= 0.6 is 0 Å². The summed E-state index contributed by atoms with van der Waals surface area (Å²) in [5, 5.41) is 0. The molecule has 0 spiro atoms. The fourth-order valence-electron chi connectivity index (χ4n) is 2.58. The molecule has 0 heterocycles. The van der Waals surface area contributed by atoms with E-state index in [0.29, 0.717) is 30.0 Å². The predicted molar refractivity (Wildman–Crippen MR) is 90.6 cm³/mol. The maximum Gasteiger partial charge on any atom is 0.161 e. The number of nitrogens with two attached hydrogens (primary N) is 1. The molecule has 5 heteroatoms. The number of hydrogen-bond acceptors (Lipinski definition) is 3. The van der Waals surface area contributed by atoms with Crippen molar-refractivity contribution in [2.45, 2.75) is 32.3 Å². The average Bonchev–Trinajstić information content (AvgIpc) is 2.55. The molecule has 1 unspecified atom stereocenters. The summed E-state index contributed by atoms with van der Waals surface area (Å²) in [4.78, 5) is 0. The SMILES string of the molecule is COc1ccc(CC(CN)c2ccc(F)c(F)c2)cc1OC(C)C. The van der Waals surface area contributed by atoms with Gasteiger partial charge in [0.2, 0.25) is 0 Å². The first-order valence-corrected chi connectivity index (χ1v) is 7.93. The number of methoxy groups -OCH3 is 1. The summed E-state index contributed by atoms with van der Waals surface area (Å²) in [5.41, 5.74) is 7.51. The van der Waals surface area contributed by atoms with Gasteiger partial charge in [-0.2, -0.15) is 0 Å². The number of halogens is 2. The zero-order chi connectivity index (χ0) is 17.7. The van der Waals surface area contributed by atoms with Gasteiger partial charge >= 0.3 is 0 Å². The van der Waals surface area contributed by atoms with Crippen molar-refractivity contribution in [1.82, 2.24) is 0 Å². The Morgan fingerprint density at radius 1 is 1.00 bits per heavy atom. The normalized spacial score (nSPS) is 12.3. The van der Waals surface area contributed by atoms with E-state index in [2.05, 4.69) is 0 Å². The van der Waals surface area contributed by atoms with Gasteiger partial charge in [-0.25, -0.2) is 8.78 Å². The first kappa shape index (κ1) is 18.2. The highest BCUT2D eigenvalue weighted by atomic mass is 19.2. The van der Waals surface area contributed by atoms with E-state index in [1.807, 2.05) is 32.0 Å². The summed E-state index contributed by atoms with van der Waals surface area (Å²) < 4.78 is 37.7. The van der Waals surface area contributed by atoms with Crippen LogP contribution in [-0.4, -0.2) is 19.8 Å². The molecular formula is C19H23F2NO2. The summed E-state index contributed by atoms with van der Waals surface area (Å²) in [5.74, 6) is -0.507. The average molecular weight is 335 g/mol. The van der Waals surface area contributed by atoms with Crippen molar-refractivity contribution < 1.29 is 18.3 Å². The maximum atomic E-state index is 13.5. The van der Waals surface area contributed by atoms with Gasteiger partial charge in [-0.05, 0) is 62.2 Å². The standard InChI is InChI=1S/C19H23F2NO2/c1-12(2)24-19-9-13(4-7-18(19)23-3)8-15(11-22)14-5-6-16(20)17(21)10-14/h4-7,9-10,12,15H,8,11,22H2,1-3H3. The summed E-state index contributed by atoms with van der Waals surface area (Å²) in [6, 6.07) is 9.59. The second kappa shape index (κ2) is 8.11. The van der Waals surface area contributed by atoms with E-state index in [0.717, 1.165) is 11.6 Å². The molecule has 3 nitrogen and oxygen atoms in total. The molecular weight excluding hydrogens is 312 g/mol. The topological polar surface area (TPSA) is 44.5 Å². The van der Waals surface area contributed by atoms with Gasteiger partial charge in [0.05, 0.1) is 13.2 Å². The molecule has 2 N–H and O–H groups in total. The van der Waals surface area contributed by atoms with Crippen LogP contribution in [0.5, 0.6) is 11.5 Å². The number of ether oxygens (including phenoxy) is 2. The van der Waals surface area contributed by atoms with Crippen molar-refractivity contribution in [1.29, 1.82) is 0 Å². The lowest BCUT2D eigenvalue weighted by molar-refractivity contribution is 0.230. The Kier molecular flexibility index (Phi) is 6.15. The van der Waals surface area contributed by atoms with E-state index in [4.69, 9.17) is 15.2 Å². The van der Waals surface area contributed by atoms with Crippen LogP contribution in [0.15, 0.2) is 36.4 Å². The largest absolute Gasteiger partial charge is 0.493 e. The fraction of sp³-hybridized carbons (Fsp3) is 0.368. The number of rotatable bonds is 7. The highest BCUT2D eigenvalue weighted by molar-refractivity contribution is 5.43. The molecule has 0 radical (unpaired) electrons. The van der Waals surface area contributed by atoms with Crippen LogP contribution in [0.2, 0.25) is 0 Å². The lowest BCUT2D eigenvalue weighted by atomic mass is 9.92. The van der Waals surface area contributed by atoms with Gasteiger partial charge in [-0.15, -0.1) is 0 Å². The molecule has 2 aromatic rings. The number of hydrogen-bond donors (Lipinski definition) is 1. The van der Waals surface area contributed by atoms with Crippen LogP contribution in [0.3, 0.4) is 0 Å². The Balaban J connectivity index is 2.25. The monoisotopic (exact) mass is 335 g/mol. The van der Waals surface area contributed by atoms with E-state index in [1.54, 1.807) is 13.2 Å². The van der Waals surface area contributed by atoms with Crippen molar-refractivity contribution in [2.24, 2.45) is 5.73 Å². The zero-order valence-electron chi connectivity index (χ0n) is 14.2. The van der Waals surface area contributed by atoms with Crippen LogP contribution in [0.1, 0.15) is 30.9 Å². The Bertz CT molecular complexity index is 689. The van der Waals surface area contributed by atoms with E-state index < -0.39 is 11.6 Å². The van der Waals surface area contributed by atoms with Crippen LogP contribution in [-0.2, 0) is 6.42 Å². The van der Waals surface area contributed by atoms with Gasteiger partial charge in [0.25, 0.3) is 0 Å². The fourth-order valence-corrected chi connectivity index (χ4v) is 2.58. The maximum absolute atomic E-state index is 13.5. The van der Waals surface area contributed by atoms with Crippen molar-refractivity contribution in [2.75, 3.05) is 13.7 Å². The third kappa shape index (κ3) is 4.45. The molecule has 0 saturated carbocycles. The highest BCUT2D eigenvalue weighted by Gasteiger charge is 2.15. The van der Waals surface area contributed by atoms with E-state index in [-0.39, 0.29) is 12.0 Å². The molecule has 0 fully saturated rings. The molecule has 2 rings (SSSR count). The Hall–Kier alpha value is -2.14. The molecule has 24 heavy (non-hydrogen) atoms. The lowest BCUT2D eigenvalue weighted by Gasteiger charge is -2.18. The van der Waals surface area contributed by atoms with Gasteiger partial charge in [0.1, 0.15) is 0 Å². The second-order valence-electron chi connectivity index (χ2n) is 5.96. The van der Waals surface area contributed by atoms with Gasteiger partial charge in [-0.3, -0.25) is 0 Å². The van der Waals surface area contributed by atoms with Crippen LogP contribution in [0.4, 0.5) is 8.78 Å². The van der Waals surface area contributed by atoms with E-state index >= 15 is 0 Å². The van der Waals surface area contributed by atoms with E-state index in [1.165, 1.54) is 6.07 Å². The predicted octanol–water partition coefficient (Wildman–Crippen LogP) is 4.05.